The van der Waals surface area contributed by atoms with Crippen molar-refractivity contribution >= 4 is 31.1 Å². The first kappa shape index (κ1) is 18.3. The first-order valence-corrected chi connectivity index (χ1v) is 9.02. The summed E-state index contributed by atoms with van der Waals surface area (Å²) in [5, 5.41) is 0. The molecule has 0 radical (unpaired) electrons. The highest BCUT2D eigenvalue weighted by Gasteiger charge is 2.48. The van der Waals surface area contributed by atoms with E-state index in [0.29, 0.717) is 6.61 Å². The van der Waals surface area contributed by atoms with Crippen LogP contribution in [0.25, 0.3) is 0 Å². The number of carbonyl (C=O) groups is 1. The second kappa shape index (κ2) is 8.27. The summed E-state index contributed by atoms with van der Waals surface area (Å²) < 4.78 is 29.4. The van der Waals surface area contributed by atoms with E-state index in [1.165, 1.54) is 6.92 Å². The standard InChI is InChI=1S/C19H20B2O6/c1-14(22)23-12-17-19-18(26-21(25-17)16-10-6-3-7-11-16)13-24-20(27-19)15-8-4-2-5-9-15/h2-11,17-19H,12-13H2,1H3/t17-,18+,19+/m0/s1. The molecule has 2 aliphatic rings. The Hall–Kier alpha value is -2.12. The van der Waals surface area contributed by atoms with Gasteiger partial charge < -0.3 is 23.4 Å². The van der Waals surface area contributed by atoms with E-state index in [1.54, 1.807) is 0 Å². The zero-order valence-electron chi connectivity index (χ0n) is 15.0. The molecule has 0 bridgehead atoms. The molecule has 0 amide bonds. The molecular weight excluding hydrogens is 346 g/mol. The van der Waals surface area contributed by atoms with Gasteiger partial charge in [-0.2, -0.15) is 0 Å². The predicted octanol–water partition coefficient (Wildman–Crippen LogP) is 0.540. The van der Waals surface area contributed by atoms with Crippen LogP contribution in [-0.2, 0) is 28.1 Å². The van der Waals surface area contributed by atoms with Crippen molar-refractivity contribution in [3.05, 3.63) is 60.7 Å². The van der Waals surface area contributed by atoms with E-state index in [1.807, 2.05) is 60.7 Å². The molecule has 2 heterocycles. The third-order valence-electron chi connectivity index (χ3n) is 4.62. The number of ether oxygens (including phenoxy) is 1. The van der Waals surface area contributed by atoms with Crippen molar-refractivity contribution in [3.63, 3.8) is 0 Å². The van der Waals surface area contributed by atoms with Gasteiger partial charge in [-0.05, 0) is 10.9 Å². The summed E-state index contributed by atoms with van der Waals surface area (Å²) >= 11 is 0. The molecule has 2 aromatic carbocycles. The van der Waals surface area contributed by atoms with Gasteiger partial charge in [0.2, 0.25) is 0 Å². The van der Waals surface area contributed by atoms with E-state index in [2.05, 4.69) is 0 Å². The summed E-state index contributed by atoms with van der Waals surface area (Å²) in [4.78, 5) is 11.3. The monoisotopic (exact) mass is 366 g/mol. The highest BCUT2D eigenvalue weighted by Crippen LogP contribution is 2.25. The fourth-order valence-electron chi connectivity index (χ4n) is 3.30. The number of carbonyl (C=O) groups excluding carboxylic acids is 1. The van der Waals surface area contributed by atoms with E-state index in [9.17, 15) is 4.79 Å². The van der Waals surface area contributed by atoms with E-state index in [0.717, 1.165) is 10.9 Å². The molecular formula is C19H20B2O6. The lowest BCUT2D eigenvalue weighted by molar-refractivity contribution is -0.158. The highest BCUT2D eigenvalue weighted by molar-refractivity contribution is 6.62. The van der Waals surface area contributed by atoms with Gasteiger partial charge >= 0.3 is 20.2 Å². The highest BCUT2D eigenvalue weighted by atomic mass is 16.7. The van der Waals surface area contributed by atoms with Crippen LogP contribution in [-0.4, -0.2) is 51.7 Å². The molecule has 3 atom stereocenters. The molecule has 138 valence electrons. The lowest BCUT2D eigenvalue weighted by Gasteiger charge is -2.44. The van der Waals surface area contributed by atoms with Crippen LogP contribution in [0.15, 0.2) is 60.7 Å². The molecule has 0 N–H and O–H groups in total. The van der Waals surface area contributed by atoms with Gasteiger partial charge in [-0.25, -0.2) is 0 Å². The molecule has 2 aliphatic heterocycles. The van der Waals surface area contributed by atoms with Gasteiger partial charge in [0, 0.05) is 6.92 Å². The van der Waals surface area contributed by atoms with Crippen LogP contribution in [0.5, 0.6) is 0 Å². The van der Waals surface area contributed by atoms with Crippen molar-refractivity contribution in [3.8, 4) is 0 Å². The SMILES string of the molecule is CC(=O)OC[C@@H]1OB(c2ccccc2)O[C@@H]2COB(c3ccccc3)O[C@H]12. The van der Waals surface area contributed by atoms with Crippen LogP contribution in [0.2, 0.25) is 0 Å². The fourth-order valence-corrected chi connectivity index (χ4v) is 3.30. The van der Waals surface area contributed by atoms with Crippen molar-refractivity contribution in [2.24, 2.45) is 0 Å². The van der Waals surface area contributed by atoms with Crippen LogP contribution in [0.4, 0.5) is 0 Å². The molecule has 0 unspecified atom stereocenters. The number of fused-ring (bicyclic) bond motifs is 1. The maximum Gasteiger partial charge on any atom is 0.494 e. The maximum atomic E-state index is 11.3. The maximum absolute atomic E-state index is 11.3. The summed E-state index contributed by atoms with van der Waals surface area (Å²) in [6, 6.07) is 19.4. The van der Waals surface area contributed by atoms with Gasteiger partial charge in [-0.3, -0.25) is 4.79 Å². The van der Waals surface area contributed by atoms with Crippen molar-refractivity contribution < 1.29 is 28.1 Å². The predicted molar refractivity (Wildman–Crippen MR) is 101 cm³/mol. The fraction of sp³-hybridized carbons (Fsp3) is 0.316. The second-order valence-corrected chi connectivity index (χ2v) is 6.57. The minimum atomic E-state index is -0.562. The molecule has 2 fully saturated rings. The Kier molecular flexibility index (Phi) is 5.59. The summed E-state index contributed by atoms with van der Waals surface area (Å²) in [7, 11) is -1.07. The van der Waals surface area contributed by atoms with Gasteiger partial charge in [-0.1, -0.05) is 60.7 Å². The van der Waals surface area contributed by atoms with Gasteiger partial charge in [0.1, 0.15) is 12.7 Å². The molecule has 2 saturated heterocycles. The Morgan fingerprint density at radius 1 is 0.963 bits per heavy atom. The Balaban J connectivity index is 1.53. The summed E-state index contributed by atoms with van der Waals surface area (Å²) in [5.41, 5.74) is 1.82. The normalized spacial score (nSPS) is 25.0. The first-order chi connectivity index (χ1) is 13.2. The minimum absolute atomic E-state index is 0.102. The third-order valence-corrected chi connectivity index (χ3v) is 4.62. The van der Waals surface area contributed by atoms with Crippen LogP contribution in [0.1, 0.15) is 6.92 Å². The summed E-state index contributed by atoms with van der Waals surface area (Å²) in [6.45, 7) is 1.85. The zero-order valence-corrected chi connectivity index (χ0v) is 15.0. The molecule has 0 spiro atoms. The lowest BCUT2D eigenvalue weighted by Crippen LogP contribution is -2.65. The number of rotatable bonds is 4. The third kappa shape index (κ3) is 4.25. The number of esters is 1. The number of hydrogen-bond acceptors (Lipinski definition) is 6. The van der Waals surface area contributed by atoms with Crippen LogP contribution >= 0.6 is 0 Å². The average molecular weight is 366 g/mol. The van der Waals surface area contributed by atoms with Gasteiger partial charge in [0.15, 0.2) is 0 Å². The second-order valence-electron chi connectivity index (χ2n) is 6.57. The Labute approximate surface area is 159 Å². The average Bonchev–Trinajstić information content (AvgIpc) is 2.72. The topological polar surface area (TPSA) is 63.2 Å². The molecule has 6 nitrogen and oxygen atoms in total. The summed E-state index contributed by atoms with van der Waals surface area (Å²) in [6.07, 6.45) is -1.17. The van der Waals surface area contributed by atoms with Crippen LogP contribution in [0, 0.1) is 0 Å². The van der Waals surface area contributed by atoms with Gasteiger partial charge in [-0.15, -0.1) is 0 Å². The minimum Gasteiger partial charge on any atom is -0.463 e. The molecule has 4 rings (SSSR count). The van der Waals surface area contributed by atoms with Gasteiger partial charge in [0.25, 0.3) is 0 Å². The molecule has 8 heteroatoms. The van der Waals surface area contributed by atoms with Crippen LogP contribution < -0.4 is 10.9 Å². The zero-order chi connectivity index (χ0) is 18.6. The van der Waals surface area contributed by atoms with Crippen molar-refractivity contribution in [2.75, 3.05) is 13.2 Å². The Morgan fingerprint density at radius 3 is 2.22 bits per heavy atom. The van der Waals surface area contributed by atoms with Crippen molar-refractivity contribution in [1.29, 1.82) is 0 Å². The Bertz CT molecular complexity index is 759. The van der Waals surface area contributed by atoms with Crippen molar-refractivity contribution in [1.82, 2.24) is 0 Å². The smallest absolute Gasteiger partial charge is 0.463 e. The summed E-state index contributed by atoms with van der Waals surface area (Å²) in [5.74, 6) is -0.357. The first-order valence-electron chi connectivity index (χ1n) is 9.02. The largest absolute Gasteiger partial charge is 0.494 e. The molecule has 0 aromatic heterocycles. The van der Waals surface area contributed by atoms with E-state index < -0.39 is 26.4 Å². The molecule has 27 heavy (non-hydrogen) atoms. The van der Waals surface area contributed by atoms with Crippen LogP contribution in [0.3, 0.4) is 0 Å². The molecule has 2 aromatic rings. The molecule has 0 saturated carbocycles. The van der Waals surface area contributed by atoms with E-state index >= 15 is 0 Å². The molecule has 0 aliphatic carbocycles. The van der Waals surface area contributed by atoms with Crippen molar-refractivity contribution in [2.45, 2.75) is 25.2 Å². The number of benzene rings is 2. The van der Waals surface area contributed by atoms with Gasteiger partial charge in [0.05, 0.1) is 18.8 Å². The quantitative estimate of drug-likeness (QED) is 0.582. The van der Waals surface area contributed by atoms with E-state index in [-0.39, 0.29) is 18.7 Å². The number of hydrogen-bond donors (Lipinski definition) is 0. The Morgan fingerprint density at radius 2 is 1.59 bits per heavy atom. The van der Waals surface area contributed by atoms with E-state index in [4.69, 9.17) is 23.4 Å². The lowest BCUT2D eigenvalue weighted by atomic mass is 9.74.